The third kappa shape index (κ3) is 3.96. The van der Waals surface area contributed by atoms with E-state index in [-0.39, 0.29) is 63.2 Å². The maximum absolute atomic E-state index is 13.4. The Morgan fingerprint density at radius 2 is 1.45 bits per heavy atom. The van der Waals surface area contributed by atoms with Crippen LogP contribution in [0.25, 0.3) is 0 Å². The van der Waals surface area contributed by atoms with E-state index in [1.54, 1.807) is 31.2 Å². The number of hydrogen-bond acceptors (Lipinski definition) is 7. The summed E-state index contributed by atoms with van der Waals surface area (Å²) in [5, 5.41) is 44.9. The molecule has 7 nitrogen and oxygen atoms in total. The van der Waals surface area contributed by atoms with Crippen molar-refractivity contribution < 1.29 is 34.7 Å². The molecule has 5 rings (SSSR count). The molecule has 0 radical (unpaired) electrons. The molecule has 1 aliphatic heterocycles. The maximum Gasteiger partial charge on any atom is 0.174 e. The smallest absolute Gasteiger partial charge is 0.174 e. The molecule has 38 heavy (non-hydrogen) atoms. The van der Waals surface area contributed by atoms with Gasteiger partial charge in [0.25, 0.3) is 0 Å². The van der Waals surface area contributed by atoms with Gasteiger partial charge in [0.15, 0.2) is 5.78 Å². The van der Waals surface area contributed by atoms with Gasteiger partial charge in [-0.05, 0) is 25.0 Å². The molecule has 0 aromatic heterocycles. The highest BCUT2D eigenvalue weighted by molar-refractivity contribution is 6.04. The lowest BCUT2D eigenvalue weighted by Gasteiger charge is -2.32. The predicted molar refractivity (Wildman–Crippen MR) is 142 cm³/mol. The minimum absolute atomic E-state index is 0.00236. The van der Waals surface area contributed by atoms with Crippen LogP contribution in [0, 0.1) is 13.8 Å². The van der Waals surface area contributed by atoms with Gasteiger partial charge in [-0.25, -0.2) is 0 Å². The largest absolute Gasteiger partial charge is 0.507 e. The zero-order valence-corrected chi connectivity index (χ0v) is 21.2. The van der Waals surface area contributed by atoms with Crippen LogP contribution in [0.5, 0.6) is 34.5 Å². The Morgan fingerprint density at radius 1 is 0.842 bits per heavy atom. The zero-order valence-electron chi connectivity index (χ0n) is 21.2. The number of ether oxygens (including phenoxy) is 2. The van der Waals surface area contributed by atoms with E-state index in [0.717, 1.165) is 5.56 Å². The van der Waals surface area contributed by atoms with E-state index in [1.807, 2.05) is 36.4 Å². The number of benzene rings is 4. The fraction of sp³-hybridized carbons (Fsp3) is 0.194. The number of ketones is 1. The highest BCUT2D eigenvalue weighted by Gasteiger charge is 2.39. The van der Waals surface area contributed by atoms with Crippen molar-refractivity contribution in [1.29, 1.82) is 0 Å². The minimum Gasteiger partial charge on any atom is -0.507 e. The first-order chi connectivity index (χ1) is 18.2. The summed E-state index contributed by atoms with van der Waals surface area (Å²) in [6.07, 6.45) is -0.657. The SMILES string of the molecule is COc1cc(O)c([C@H](c2ccccc2)c2c(O)c(C)c(O)c3c2O[C@H](c2ccccc2)CC3=O)c(O)c1C. The molecule has 0 bridgehead atoms. The van der Waals surface area contributed by atoms with E-state index < -0.39 is 12.0 Å². The summed E-state index contributed by atoms with van der Waals surface area (Å²) in [5.41, 5.74) is 2.10. The highest BCUT2D eigenvalue weighted by atomic mass is 16.5. The van der Waals surface area contributed by atoms with Crippen molar-refractivity contribution in [1.82, 2.24) is 0 Å². The van der Waals surface area contributed by atoms with E-state index in [0.29, 0.717) is 16.9 Å². The zero-order chi connectivity index (χ0) is 27.1. The molecule has 4 N–H and O–H groups in total. The minimum atomic E-state index is -0.962. The van der Waals surface area contributed by atoms with Crippen molar-refractivity contribution in [2.75, 3.05) is 7.11 Å². The molecule has 1 heterocycles. The van der Waals surface area contributed by atoms with Gasteiger partial charge in [0.1, 0.15) is 46.2 Å². The van der Waals surface area contributed by atoms with E-state index in [9.17, 15) is 25.2 Å². The topological polar surface area (TPSA) is 116 Å². The summed E-state index contributed by atoms with van der Waals surface area (Å²) in [5.74, 6) is -2.15. The highest BCUT2D eigenvalue weighted by Crippen LogP contribution is 2.56. The molecule has 7 heteroatoms. The van der Waals surface area contributed by atoms with Crippen molar-refractivity contribution in [2.45, 2.75) is 32.3 Å². The van der Waals surface area contributed by atoms with Crippen LogP contribution in [0.1, 0.15) is 62.2 Å². The van der Waals surface area contributed by atoms with E-state index >= 15 is 0 Å². The molecule has 0 spiro atoms. The molecule has 4 aromatic carbocycles. The van der Waals surface area contributed by atoms with Crippen LogP contribution in [0.2, 0.25) is 0 Å². The first kappa shape index (κ1) is 25.0. The maximum atomic E-state index is 13.4. The number of rotatable bonds is 5. The van der Waals surface area contributed by atoms with Gasteiger partial charge in [0, 0.05) is 34.2 Å². The number of carbonyl (C=O) groups excluding carboxylic acids is 1. The van der Waals surface area contributed by atoms with E-state index in [1.165, 1.54) is 20.1 Å². The number of Topliss-reactive ketones (excluding diaryl/α,β-unsaturated/α-hetero) is 1. The van der Waals surface area contributed by atoms with Crippen LogP contribution in [-0.4, -0.2) is 33.3 Å². The Hall–Kier alpha value is -4.65. The van der Waals surface area contributed by atoms with Crippen LogP contribution in [0.4, 0.5) is 0 Å². The monoisotopic (exact) mass is 512 g/mol. The predicted octanol–water partition coefficient (Wildman–Crippen LogP) is 6.02. The fourth-order valence-corrected chi connectivity index (χ4v) is 5.18. The first-order valence-corrected chi connectivity index (χ1v) is 12.2. The number of phenolic OH excluding ortho intramolecular Hbond substituents is 4. The summed E-state index contributed by atoms with van der Waals surface area (Å²) < 4.78 is 11.7. The number of aromatic hydroxyl groups is 4. The molecule has 0 aliphatic carbocycles. The third-order valence-electron chi connectivity index (χ3n) is 7.21. The summed E-state index contributed by atoms with van der Waals surface area (Å²) in [7, 11) is 1.43. The Balaban J connectivity index is 1.85. The first-order valence-electron chi connectivity index (χ1n) is 12.2. The van der Waals surface area contributed by atoms with Gasteiger partial charge in [0.2, 0.25) is 0 Å². The molecule has 1 aliphatic rings. The van der Waals surface area contributed by atoms with Crippen LogP contribution < -0.4 is 9.47 Å². The Kier molecular flexibility index (Phi) is 6.36. The molecular weight excluding hydrogens is 484 g/mol. The van der Waals surface area contributed by atoms with Crippen LogP contribution >= 0.6 is 0 Å². The van der Waals surface area contributed by atoms with Crippen molar-refractivity contribution in [2.24, 2.45) is 0 Å². The number of fused-ring (bicyclic) bond motifs is 1. The molecular formula is C31H28O7. The second kappa shape index (κ2) is 9.67. The van der Waals surface area contributed by atoms with Crippen molar-refractivity contribution in [3.63, 3.8) is 0 Å². The van der Waals surface area contributed by atoms with Gasteiger partial charge in [-0.15, -0.1) is 0 Å². The molecule has 2 atom stereocenters. The van der Waals surface area contributed by atoms with Gasteiger partial charge in [-0.3, -0.25) is 4.79 Å². The molecule has 0 unspecified atom stereocenters. The van der Waals surface area contributed by atoms with Gasteiger partial charge < -0.3 is 29.9 Å². The van der Waals surface area contributed by atoms with E-state index in [2.05, 4.69) is 0 Å². The summed E-state index contributed by atoms with van der Waals surface area (Å²) in [4.78, 5) is 13.4. The van der Waals surface area contributed by atoms with Gasteiger partial charge in [-0.2, -0.15) is 0 Å². The molecule has 0 fully saturated rings. The van der Waals surface area contributed by atoms with Crippen molar-refractivity contribution in [3.05, 3.63) is 106 Å². The molecule has 194 valence electrons. The Morgan fingerprint density at radius 3 is 2.08 bits per heavy atom. The van der Waals surface area contributed by atoms with Gasteiger partial charge >= 0.3 is 0 Å². The average molecular weight is 513 g/mol. The van der Waals surface area contributed by atoms with E-state index in [4.69, 9.17) is 9.47 Å². The summed E-state index contributed by atoms with van der Waals surface area (Å²) >= 11 is 0. The Labute approximate surface area is 220 Å². The fourth-order valence-electron chi connectivity index (χ4n) is 5.18. The van der Waals surface area contributed by atoms with Crippen LogP contribution in [0.3, 0.4) is 0 Å². The van der Waals surface area contributed by atoms with Crippen LogP contribution in [0.15, 0.2) is 66.7 Å². The second-order valence-corrected chi connectivity index (χ2v) is 9.41. The molecule has 0 saturated carbocycles. The van der Waals surface area contributed by atoms with Crippen molar-refractivity contribution in [3.8, 4) is 34.5 Å². The standard InChI is InChI=1S/C31H28O7/c1-16-22(37-3)14-20(32)25(28(16)34)24(19-12-8-5-9-13-19)27-30(36)17(2)29(35)26-21(33)15-23(38-31(26)27)18-10-6-4-7-11-18/h4-14,23-24,32,34-36H,15H2,1-3H3/t23-,24-/m0/s1. The second-order valence-electron chi connectivity index (χ2n) is 9.41. The summed E-state index contributed by atoms with van der Waals surface area (Å²) in [6.45, 7) is 3.16. The molecule has 0 amide bonds. The quantitative estimate of drug-likeness (QED) is 0.242. The number of hydrogen-bond donors (Lipinski definition) is 4. The lowest BCUT2D eigenvalue weighted by atomic mass is 9.79. The third-order valence-corrected chi connectivity index (χ3v) is 7.21. The number of carbonyl (C=O) groups is 1. The normalized spacial score (nSPS) is 15.4. The Bertz CT molecular complexity index is 1530. The number of methoxy groups -OCH3 is 1. The molecule has 0 saturated heterocycles. The van der Waals surface area contributed by atoms with Crippen molar-refractivity contribution >= 4 is 5.78 Å². The lowest BCUT2D eigenvalue weighted by Crippen LogP contribution is -2.23. The van der Waals surface area contributed by atoms with Gasteiger partial charge in [0.05, 0.1) is 13.5 Å². The molecule has 4 aromatic rings. The lowest BCUT2D eigenvalue weighted by molar-refractivity contribution is 0.0841. The summed E-state index contributed by atoms with van der Waals surface area (Å²) in [6, 6.07) is 19.6. The average Bonchev–Trinajstić information content (AvgIpc) is 2.93. The number of phenols is 4. The van der Waals surface area contributed by atoms with Crippen LogP contribution in [-0.2, 0) is 0 Å². The van der Waals surface area contributed by atoms with Gasteiger partial charge in [-0.1, -0.05) is 60.7 Å².